The van der Waals surface area contributed by atoms with Crippen LogP contribution in [0, 0.1) is 12.8 Å². The van der Waals surface area contributed by atoms with Crippen LogP contribution >= 0.6 is 15.9 Å². The summed E-state index contributed by atoms with van der Waals surface area (Å²) < 4.78 is 0.956. The van der Waals surface area contributed by atoms with Crippen molar-refractivity contribution in [3.8, 4) is 0 Å². The van der Waals surface area contributed by atoms with Crippen LogP contribution in [0.3, 0.4) is 0 Å². The number of aliphatic hydroxyl groups excluding tert-OH is 1. The van der Waals surface area contributed by atoms with Crippen molar-refractivity contribution >= 4 is 21.8 Å². The van der Waals surface area contributed by atoms with Gasteiger partial charge < -0.3 is 10.0 Å². The molecule has 2 rings (SSSR count). The summed E-state index contributed by atoms with van der Waals surface area (Å²) in [5.74, 6) is 0.309. The van der Waals surface area contributed by atoms with Crippen molar-refractivity contribution in [3.05, 3.63) is 33.8 Å². The third-order valence-electron chi connectivity index (χ3n) is 2.92. The number of amides is 1. The Bertz CT molecular complexity index is 413. The van der Waals surface area contributed by atoms with E-state index in [2.05, 4.69) is 15.9 Å². The Morgan fingerprint density at radius 3 is 2.81 bits per heavy atom. The Morgan fingerprint density at radius 2 is 2.25 bits per heavy atom. The van der Waals surface area contributed by atoms with Gasteiger partial charge in [0.15, 0.2) is 0 Å². The van der Waals surface area contributed by atoms with Gasteiger partial charge >= 0.3 is 0 Å². The summed E-state index contributed by atoms with van der Waals surface area (Å²) in [6.07, 6.45) is 0. The second kappa shape index (κ2) is 4.55. The molecular weight excluding hydrogens is 270 g/mol. The standard InChI is InChI=1S/C12H14BrNO2/c1-8-2-3-10(4-11(8)13)12(16)14-5-9(6-14)7-15/h2-4,9,15H,5-7H2,1H3. The first-order valence-corrected chi connectivity index (χ1v) is 6.07. The van der Waals surface area contributed by atoms with Crippen LogP contribution in [-0.2, 0) is 0 Å². The van der Waals surface area contributed by atoms with Gasteiger partial charge in [0.25, 0.3) is 5.91 Å². The van der Waals surface area contributed by atoms with E-state index < -0.39 is 0 Å². The van der Waals surface area contributed by atoms with Crippen LogP contribution in [0.15, 0.2) is 22.7 Å². The minimum absolute atomic E-state index is 0.0467. The smallest absolute Gasteiger partial charge is 0.253 e. The predicted octanol–water partition coefficient (Wildman–Crippen LogP) is 1.82. The number of likely N-dealkylation sites (tertiary alicyclic amines) is 1. The van der Waals surface area contributed by atoms with Gasteiger partial charge in [-0.3, -0.25) is 4.79 Å². The first-order chi connectivity index (χ1) is 7.61. The molecule has 1 aromatic rings. The molecule has 1 aliphatic heterocycles. The van der Waals surface area contributed by atoms with Gasteiger partial charge in [-0.15, -0.1) is 0 Å². The maximum Gasteiger partial charge on any atom is 0.253 e. The molecule has 86 valence electrons. The Morgan fingerprint density at radius 1 is 1.56 bits per heavy atom. The van der Waals surface area contributed by atoms with E-state index in [1.54, 1.807) is 4.90 Å². The zero-order valence-electron chi connectivity index (χ0n) is 9.11. The SMILES string of the molecule is Cc1ccc(C(=O)N2CC(CO)C2)cc1Br. The van der Waals surface area contributed by atoms with Crippen LogP contribution in [0.25, 0.3) is 0 Å². The summed E-state index contributed by atoms with van der Waals surface area (Å²) in [4.78, 5) is 13.7. The number of benzene rings is 1. The number of hydrogen-bond donors (Lipinski definition) is 1. The molecule has 1 saturated heterocycles. The number of rotatable bonds is 2. The minimum Gasteiger partial charge on any atom is -0.396 e. The molecule has 0 aliphatic carbocycles. The first-order valence-electron chi connectivity index (χ1n) is 5.28. The molecule has 1 aliphatic rings. The van der Waals surface area contributed by atoms with Crippen molar-refractivity contribution in [1.82, 2.24) is 4.90 Å². The lowest BCUT2D eigenvalue weighted by atomic mass is 10.00. The lowest BCUT2D eigenvalue weighted by Gasteiger charge is -2.38. The molecule has 3 nitrogen and oxygen atoms in total. The normalized spacial score (nSPS) is 16.1. The maximum atomic E-state index is 12.0. The highest BCUT2D eigenvalue weighted by molar-refractivity contribution is 9.10. The van der Waals surface area contributed by atoms with E-state index in [0.717, 1.165) is 10.0 Å². The fourth-order valence-corrected chi connectivity index (χ4v) is 2.14. The van der Waals surface area contributed by atoms with Crippen LogP contribution in [0.1, 0.15) is 15.9 Å². The van der Waals surface area contributed by atoms with E-state index in [1.165, 1.54) is 0 Å². The Hall–Kier alpha value is -0.870. The van der Waals surface area contributed by atoms with Gasteiger partial charge in [-0.25, -0.2) is 0 Å². The molecule has 0 aromatic heterocycles. The van der Waals surface area contributed by atoms with Crippen molar-refractivity contribution in [2.24, 2.45) is 5.92 Å². The molecule has 0 unspecified atom stereocenters. The maximum absolute atomic E-state index is 12.0. The number of hydrogen-bond acceptors (Lipinski definition) is 2. The largest absolute Gasteiger partial charge is 0.396 e. The molecular formula is C12H14BrNO2. The molecule has 1 heterocycles. The van der Waals surface area contributed by atoms with E-state index >= 15 is 0 Å². The van der Waals surface area contributed by atoms with Gasteiger partial charge in [0, 0.05) is 35.7 Å². The molecule has 0 atom stereocenters. The summed E-state index contributed by atoms with van der Waals surface area (Å²) in [5.41, 5.74) is 1.82. The van der Waals surface area contributed by atoms with Crippen molar-refractivity contribution in [2.45, 2.75) is 6.92 Å². The highest BCUT2D eigenvalue weighted by Crippen LogP contribution is 2.22. The van der Waals surface area contributed by atoms with E-state index in [1.807, 2.05) is 25.1 Å². The fourth-order valence-electron chi connectivity index (χ4n) is 1.76. The van der Waals surface area contributed by atoms with Crippen LogP contribution in [0.5, 0.6) is 0 Å². The zero-order valence-corrected chi connectivity index (χ0v) is 10.7. The fraction of sp³-hybridized carbons (Fsp3) is 0.417. The topological polar surface area (TPSA) is 40.5 Å². The molecule has 1 amide bonds. The van der Waals surface area contributed by atoms with Gasteiger partial charge in [0.05, 0.1) is 0 Å². The van der Waals surface area contributed by atoms with Crippen LogP contribution in [-0.4, -0.2) is 35.6 Å². The highest BCUT2D eigenvalue weighted by Gasteiger charge is 2.30. The van der Waals surface area contributed by atoms with Gasteiger partial charge in [0.1, 0.15) is 0 Å². The molecule has 0 spiro atoms. The first kappa shape index (κ1) is 11.6. The predicted molar refractivity (Wildman–Crippen MR) is 65.4 cm³/mol. The third kappa shape index (κ3) is 2.13. The average molecular weight is 284 g/mol. The highest BCUT2D eigenvalue weighted by atomic mass is 79.9. The monoisotopic (exact) mass is 283 g/mol. The number of carbonyl (C=O) groups is 1. The number of halogens is 1. The molecule has 1 aromatic carbocycles. The number of aryl methyl sites for hydroxylation is 1. The van der Waals surface area contributed by atoms with Gasteiger partial charge in [-0.05, 0) is 24.6 Å². The van der Waals surface area contributed by atoms with E-state index in [0.29, 0.717) is 18.7 Å². The molecule has 1 fully saturated rings. The van der Waals surface area contributed by atoms with Crippen molar-refractivity contribution in [3.63, 3.8) is 0 Å². The third-order valence-corrected chi connectivity index (χ3v) is 3.78. The number of aliphatic hydroxyl groups is 1. The average Bonchev–Trinajstić information content (AvgIpc) is 2.20. The summed E-state index contributed by atoms with van der Waals surface area (Å²) in [6, 6.07) is 5.62. The van der Waals surface area contributed by atoms with E-state index in [-0.39, 0.29) is 18.4 Å². The number of carbonyl (C=O) groups excluding carboxylic acids is 1. The molecule has 0 bridgehead atoms. The van der Waals surface area contributed by atoms with Gasteiger partial charge in [0.2, 0.25) is 0 Å². The van der Waals surface area contributed by atoms with E-state index in [9.17, 15) is 4.79 Å². The quantitative estimate of drug-likeness (QED) is 0.900. The van der Waals surface area contributed by atoms with Crippen LogP contribution < -0.4 is 0 Å². The molecule has 4 heteroatoms. The van der Waals surface area contributed by atoms with Crippen LogP contribution in [0.4, 0.5) is 0 Å². The number of nitrogens with zero attached hydrogens (tertiary/aromatic N) is 1. The molecule has 0 saturated carbocycles. The second-order valence-corrected chi connectivity index (χ2v) is 5.08. The lowest BCUT2D eigenvalue weighted by molar-refractivity contribution is 0.0362. The molecule has 16 heavy (non-hydrogen) atoms. The summed E-state index contributed by atoms with van der Waals surface area (Å²) >= 11 is 3.42. The zero-order chi connectivity index (χ0) is 11.7. The van der Waals surface area contributed by atoms with Crippen molar-refractivity contribution in [2.75, 3.05) is 19.7 Å². The minimum atomic E-state index is 0.0467. The van der Waals surface area contributed by atoms with Gasteiger partial charge in [-0.1, -0.05) is 22.0 Å². The lowest BCUT2D eigenvalue weighted by Crippen LogP contribution is -2.51. The summed E-state index contributed by atoms with van der Waals surface area (Å²) in [6.45, 7) is 3.49. The van der Waals surface area contributed by atoms with Crippen molar-refractivity contribution in [1.29, 1.82) is 0 Å². The van der Waals surface area contributed by atoms with Gasteiger partial charge in [-0.2, -0.15) is 0 Å². The Kier molecular flexibility index (Phi) is 3.30. The Balaban J connectivity index is 2.07. The second-order valence-electron chi connectivity index (χ2n) is 4.22. The summed E-state index contributed by atoms with van der Waals surface area (Å²) in [7, 11) is 0. The molecule has 1 N–H and O–H groups in total. The van der Waals surface area contributed by atoms with Crippen molar-refractivity contribution < 1.29 is 9.90 Å². The van der Waals surface area contributed by atoms with Crippen LogP contribution in [0.2, 0.25) is 0 Å². The van der Waals surface area contributed by atoms with E-state index in [4.69, 9.17) is 5.11 Å². The summed E-state index contributed by atoms with van der Waals surface area (Å²) in [5, 5.41) is 8.89. The Labute approximate surface area is 103 Å². The molecule has 0 radical (unpaired) electrons.